The fourth-order valence-corrected chi connectivity index (χ4v) is 6.91. The minimum Gasteiger partial charge on any atom is -0.507 e. The molecule has 1 fully saturated rings. The summed E-state index contributed by atoms with van der Waals surface area (Å²) < 4.78 is 45.1. The number of nitrogens with zero attached hydrogens (tertiary/aromatic N) is 1. The number of hydrogen-bond acceptors (Lipinski definition) is 7. The second-order valence-electron chi connectivity index (χ2n) is 8.96. The highest BCUT2D eigenvalue weighted by Gasteiger charge is 2.39. The van der Waals surface area contributed by atoms with Crippen molar-refractivity contribution < 1.29 is 27.7 Å². The molecule has 1 unspecified atom stereocenters. The lowest BCUT2D eigenvalue weighted by molar-refractivity contribution is -0.0612. The summed E-state index contributed by atoms with van der Waals surface area (Å²) in [6.45, 7) is 3.12. The molecule has 4 rings (SSSR count). The summed E-state index contributed by atoms with van der Waals surface area (Å²) >= 11 is 0. The molecule has 9 heteroatoms. The molecule has 1 saturated heterocycles. The average molecular weight is 479 g/mol. The number of ether oxygens (including phenoxy) is 3. The Morgan fingerprint density at radius 3 is 2.52 bits per heavy atom. The van der Waals surface area contributed by atoms with Gasteiger partial charge in [0.1, 0.15) is 11.0 Å². The van der Waals surface area contributed by atoms with Crippen LogP contribution in [0.15, 0.2) is 35.8 Å². The van der Waals surface area contributed by atoms with Gasteiger partial charge < -0.3 is 25.1 Å². The molecule has 3 N–H and O–H groups in total. The van der Waals surface area contributed by atoms with Gasteiger partial charge in [-0.3, -0.25) is 0 Å². The van der Waals surface area contributed by atoms with Crippen LogP contribution in [0.3, 0.4) is 0 Å². The van der Waals surface area contributed by atoms with Gasteiger partial charge in [-0.2, -0.15) is 0 Å². The standard InChI is InChI=1S/C24H34N2O6S/c1-15-4-6-18-19(24(15)27)13-21(32-23(18)14-25)16-8-10-26(11-9-16)33(28,29)17-5-7-20(30-2)22(12-17)31-3/h4,6-7,12,16-17,21,23,27H,5,8-11,13-14,25H2,1-3H3/t17?,21-,23-/m0/s1. The SMILES string of the molecule is COC1=CCC(S(=O)(=O)N2CCC([C@@H]3Cc4c(ccc(C)c4O)[C@H](CN)O3)CC2)C=C1OC. The van der Waals surface area contributed by atoms with Gasteiger partial charge in [-0.1, -0.05) is 12.1 Å². The van der Waals surface area contributed by atoms with Gasteiger partial charge in [0.15, 0.2) is 11.5 Å². The molecule has 0 spiro atoms. The number of aryl methyl sites for hydroxylation is 1. The number of aromatic hydroxyl groups is 1. The molecular weight excluding hydrogens is 444 g/mol. The Morgan fingerprint density at radius 2 is 1.88 bits per heavy atom. The monoisotopic (exact) mass is 478 g/mol. The maximum Gasteiger partial charge on any atom is 0.221 e. The van der Waals surface area contributed by atoms with Crippen LogP contribution in [0.2, 0.25) is 0 Å². The molecule has 0 bridgehead atoms. The number of methoxy groups -OCH3 is 2. The third kappa shape index (κ3) is 4.51. The van der Waals surface area contributed by atoms with Crippen LogP contribution in [0.4, 0.5) is 0 Å². The molecule has 8 nitrogen and oxygen atoms in total. The Hall–Kier alpha value is -2.07. The lowest BCUT2D eigenvalue weighted by Crippen LogP contribution is -2.46. The molecule has 3 atom stereocenters. The van der Waals surface area contributed by atoms with Crippen molar-refractivity contribution in [1.29, 1.82) is 0 Å². The number of piperidine rings is 1. The van der Waals surface area contributed by atoms with Crippen molar-refractivity contribution >= 4 is 10.0 Å². The van der Waals surface area contributed by atoms with Crippen molar-refractivity contribution in [1.82, 2.24) is 4.31 Å². The molecule has 0 aromatic heterocycles. The highest BCUT2D eigenvalue weighted by atomic mass is 32.2. The average Bonchev–Trinajstić information content (AvgIpc) is 2.85. The van der Waals surface area contributed by atoms with E-state index in [2.05, 4.69) is 0 Å². The number of fused-ring (bicyclic) bond motifs is 1. The predicted octanol–water partition coefficient (Wildman–Crippen LogP) is 2.52. The van der Waals surface area contributed by atoms with E-state index in [0.29, 0.717) is 62.6 Å². The fraction of sp³-hybridized carbons (Fsp3) is 0.583. The van der Waals surface area contributed by atoms with Crippen LogP contribution in [0.1, 0.15) is 42.1 Å². The summed E-state index contributed by atoms with van der Waals surface area (Å²) in [6, 6.07) is 3.88. The molecule has 0 saturated carbocycles. The van der Waals surface area contributed by atoms with E-state index in [1.165, 1.54) is 7.11 Å². The molecule has 2 heterocycles. The number of sulfonamides is 1. The van der Waals surface area contributed by atoms with Gasteiger partial charge in [-0.25, -0.2) is 12.7 Å². The molecule has 3 aliphatic rings. The smallest absolute Gasteiger partial charge is 0.221 e. The molecule has 2 aliphatic heterocycles. The van der Waals surface area contributed by atoms with E-state index in [1.807, 2.05) is 19.1 Å². The van der Waals surface area contributed by atoms with Crippen LogP contribution in [0, 0.1) is 12.8 Å². The first-order chi connectivity index (χ1) is 15.8. The number of rotatable bonds is 6. The number of allylic oxidation sites excluding steroid dienone is 1. The third-order valence-electron chi connectivity index (χ3n) is 7.15. The van der Waals surface area contributed by atoms with E-state index in [4.69, 9.17) is 19.9 Å². The Labute approximate surface area is 196 Å². The highest BCUT2D eigenvalue weighted by Crippen LogP contribution is 2.40. The second kappa shape index (κ2) is 9.66. The van der Waals surface area contributed by atoms with Crippen LogP contribution in [-0.2, 0) is 30.7 Å². The summed E-state index contributed by atoms with van der Waals surface area (Å²) in [5.74, 6) is 1.53. The van der Waals surface area contributed by atoms with Gasteiger partial charge in [0.05, 0.1) is 26.4 Å². The molecule has 0 amide bonds. The number of benzene rings is 1. The molecule has 182 valence electrons. The first-order valence-corrected chi connectivity index (χ1v) is 13.0. The molecule has 0 radical (unpaired) electrons. The van der Waals surface area contributed by atoms with Gasteiger partial charge in [0.2, 0.25) is 10.0 Å². The zero-order valence-electron chi connectivity index (χ0n) is 19.5. The van der Waals surface area contributed by atoms with Gasteiger partial charge >= 0.3 is 0 Å². The normalized spacial score (nSPS) is 26.8. The summed E-state index contributed by atoms with van der Waals surface area (Å²) in [5.41, 5.74) is 8.69. The Morgan fingerprint density at radius 1 is 1.18 bits per heavy atom. The first-order valence-electron chi connectivity index (χ1n) is 11.5. The van der Waals surface area contributed by atoms with E-state index in [9.17, 15) is 13.5 Å². The van der Waals surface area contributed by atoms with Crippen molar-refractivity contribution in [3.63, 3.8) is 0 Å². The quantitative estimate of drug-likeness (QED) is 0.646. The van der Waals surface area contributed by atoms with E-state index in [1.54, 1.807) is 23.6 Å². The molecule has 1 aromatic rings. The largest absolute Gasteiger partial charge is 0.507 e. The summed E-state index contributed by atoms with van der Waals surface area (Å²) in [5, 5.41) is 9.97. The van der Waals surface area contributed by atoms with Crippen molar-refractivity contribution in [2.24, 2.45) is 11.7 Å². The third-order valence-corrected chi connectivity index (χ3v) is 9.33. The highest BCUT2D eigenvalue weighted by molar-refractivity contribution is 7.89. The fourth-order valence-electron chi connectivity index (χ4n) is 5.18. The lowest BCUT2D eigenvalue weighted by Gasteiger charge is -2.40. The predicted molar refractivity (Wildman–Crippen MR) is 125 cm³/mol. The molecule has 33 heavy (non-hydrogen) atoms. The lowest BCUT2D eigenvalue weighted by atomic mass is 9.83. The zero-order chi connectivity index (χ0) is 23.8. The minimum atomic E-state index is -3.51. The second-order valence-corrected chi connectivity index (χ2v) is 11.1. The molecular formula is C24H34N2O6S. The topological polar surface area (TPSA) is 111 Å². The summed E-state index contributed by atoms with van der Waals surface area (Å²) in [7, 11) is -0.463. The molecule has 1 aromatic carbocycles. The van der Waals surface area contributed by atoms with Crippen LogP contribution in [0.5, 0.6) is 5.75 Å². The first kappa shape index (κ1) is 24.1. The van der Waals surface area contributed by atoms with Crippen LogP contribution in [-0.4, -0.2) is 63.0 Å². The number of nitrogens with two attached hydrogens (primary N) is 1. The van der Waals surface area contributed by atoms with Crippen molar-refractivity contribution in [3.8, 4) is 5.75 Å². The van der Waals surface area contributed by atoms with E-state index in [0.717, 1.165) is 16.7 Å². The van der Waals surface area contributed by atoms with Crippen molar-refractivity contribution in [2.45, 2.75) is 50.1 Å². The maximum absolute atomic E-state index is 13.3. The van der Waals surface area contributed by atoms with Crippen molar-refractivity contribution in [2.75, 3.05) is 33.9 Å². The number of hydrogen-bond donors (Lipinski definition) is 2. The Kier molecular flexibility index (Phi) is 7.04. The Balaban J connectivity index is 1.44. The van der Waals surface area contributed by atoms with Gasteiger partial charge in [0, 0.05) is 31.6 Å². The summed E-state index contributed by atoms with van der Waals surface area (Å²) in [4.78, 5) is 0. The summed E-state index contributed by atoms with van der Waals surface area (Å²) in [6.07, 6.45) is 5.44. The number of phenols is 1. The maximum atomic E-state index is 13.3. The van der Waals surface area contributed by atoms with E-state index >= 15 is 0 Å². The minimum absolute atomic E-state index is 0.0922. The van der Waals surface area contributed by atoms with E-state index in [-0.39, 0.29) is 18.1 Å². The van der Waals surface area contributed by atoms with E-state index < -0.39 is 15.3 Å². The van der Waals surface area contributed by atoms with Gasteiger partial charge in [-0.05, 0) is 55.4 Å². The number of phenolic OH excluding ortho intramolecular Hbond substituents is 1. The molecule has 1 aliphatic carbocycles. The van der Waals surface area contributed by atoms with Crippen LogP contribution < -0.4 is 5.73 Å². The Bertz CT molecular complexity index is 1040. The van der Waals surface area contributed by atoms with Crippen LogP contribution >= 0.6 is 0 Å². The zero-order valence-corrected chi connectivity index (χ0v) is 20.3. The van der Waals surface area contributed by atoms with Gasteiger partial charge in [-0.15, -0.1) is 0 Å². The van der Waals surface area contributed by atoms with Gasteiger partial charge in [0.25, 0.3) is 0 Å². The van der Waals surface area contributed by atoms with Crippen molar-refractivity contribution in [3.05, 3.63) is 52.5 Å². The van der Waals surface area contributed by atoms with Crippen LogP contribution in [0.25, 0.3) is 0 Å².